The van der Waals surface area contributed by atoms with Gasteiger partial charge in [-0.25, -0.2) is 0 Å². The Kier molecular flexibility index (Phi) is 5.26. The highest BCUT2D eigenvalue weighted by atomic mass is 79.9. The second-order valence-corrected chi connectivity index (χ2v) is 5.87. The van der Waals surface area contributed by atoms with Gasteiger partial charge in [0.1, 0.15) is 5.75 Å². The summed E-state index contributed by atoms with van der Waals surface area (Å²) in [6.07, 6.45) is 0.766. The Labute approximate surface area is 134 Å². The standard InChI is InChI=1S/C17H20BrNO2/c1-3-17(12-20,13-7-9-16(21-2)10-8-13)19-15-6-4-5-14(18)11-15/h4-11,19-20H,3,12H2,1-2H3. The van der Waals surface area contributed by atoms with Gasteiger partial charge in [0.05, 0.1) is 19.3 Å². The van der Waals surface area contributed by atoms with Crippen LogP contribution in [0, 0.1) is 0 Å². The SMILES string of the molecule is CCC(CO)(Nc1cccc(Br)c1)c1ccc(OC)cc1. The zero-order chi connectivity index (χ0) is 15.3. The van der Waals surface area contributed by atoms with E-state index in [1.165, 1.54) is 0 Å². The summed E-state index contributed by atoms with van der Waals surface area (Å²) in [6, 6.07) is 15.8. The zero-order valence-corrected chi connectivity index (χ0v) is 13.9. The van der Waals surface area contributed by atoms with Gasteiger partial charge in [-0.05, 0) is 42.3 Å². The summed E-state index contributed by atoms with van der Waals surface area (Å²) >= 11 is 3.47. The minimum absolute atomic E-state index is 0.0162. The van der Waals surface area contributed by atoms with E-state index in [0.29, 0.717) is 0 Å². The van der Waals surface area contributed by atoms with E-state index in [4.69, 9.17) is 4.74 Å². The van der Waals surface area contributed by atoms with Gasteiger partial charge in [-0.3, -0.25) is 0 Å². The summed E-state index contributed by atoms with van der Waals surface area (Å²) in [5.41, 5.74) is 1.50. The van der Waals surface area contributed by atoms with Gasteiger partial charge in [0.15, 0.2) is 0 Å². The summed E-state index contributed by atoms with van der Waals surface area (Å²) in [7, 11) is 1.65. The lowest BCUT2D eigenvalue weighted by Crippen LogP contribution is -2.38. The molecule has 0 aliphatic heterocycles. The fourth-order valence-corrected chi connectivity index (χ4v) is 2.76. The van der Waals surface area contributed by atoms with Crippen LogP contribution in [-0.2, 0) is 5.54 Å². The van der Waals surface area contributed by atoms with Crippen molar-refractivity contribution < 1.29 is 9.84 Å². The van der Waals surface area contributed by atoms with Gasteiger partial charge in [0, 0.05) is 10.2 Å². The molecule has 0 heterocycles. The smallest absolute Gasteiger partial charge is 0.118 e. The highest BCUT2D eigenvalue weighted by molar-refractivity contribution is 9.10. The summed E-state index contributed by atoms with van der Waals surface area (Å²) < 4.78 is 6.20. The quantitative estimate of drug-likeness (QED) is 0.822. The second-order valence-electron chi connectivity index (χ2n) is 4.96. The third-order valence-corrected chi connectivity index (χ3v) is 4.22. The Morgan fingerprint density at radius 1 is 1.19 bits per heavy atom. The molecule has 0 saturated carbocycles. The molecule has 112 valence electrons. The van der Waals surface area contributed by atoms with Gasteiger partial charge in [-0.2, -0.15) is 0 Å². The molecule has 2 N–H and O–H groups in total. The molecule has 4 heteroatoms. The molecule has 0 aromatic heterocycles. The van der Waals surface area contributed by atoms with Crippen molar-refractivity contribution in [1.82, 2.24) is 0 Å². The van der Waals surface area contributed by atoms with Crippen LogP contribution in [0.1, 0.15) is 18.9 Å². The summed E-state index contributed by atoms with van der Waals surface area (Å²) in [6.45, 7) is 2.08. The summed E-state index contributed by atoms with van der Waals surface area (Å²) in [5.74, 6) is 0.809. The maximum Gasteiger partial charge on any atom is 0.118 e. The number of hydrogen-bond acceptors (Lipinski definition) is 3. The highest BCUT2D eigenvalue weighted by Gasteiger charge is 2.29. The lowest BCUT2D eigenvalue weighted by Gasteiger charge is -2.34. The molecule has 2 rings (SSSR count). The number of hydrogen-bond donors (Lipinski definition) is 2. The first-order valence-corrected chi connectivity index (χ1v) is 7.72. The Morgan fingerprint density at radius 2 is 1.90 bits per heavy atom. The molecule has 1 unspecified atom stereocenters. The molecule has 0 spiro atoms. The minimum atomic E-state index is -0.507. The lowest BCUT2D eigenvalue weighted by molar-refractivity contribution is 0.207. The van der Waals surface area contributed by atoms with Crippen molar-refractivity contribution in [3.63, 3.8) is 0 Å². The summed E-state index contributed by atoms with van der Waals surface area (Å²) in [5, 5.41) is 13.4. The molecule has 2 aromatic carbocycles. The highest BCUT2D eigenvalue weighted by Crippen LogP contribution is 2.31. The molecule has 0 bridgehead atoms. The Balaban J connectivity index is 2.34. The van der Waals surface area contributed by atoms with Gasteiger partial charge in [0.2, 0.25) is 0 Å². The van der Waals surface area contributed by atoms with E-state index < -0.39 is 5.54 Å². The van der Waals surface area contributed by atoms with E-state index in [1.807, 2.05) is 48.5 Å². The predicted molar refractivity (Wildman–Crippen MR) is 89.8 cm³/mol. The average molecular weight is 350 g/mol. The number of anilines is 1. The largest absolute Gasteiger partial charge is 0.497 e. The van der Waals surface area contributed by atoms with Crippen molar-refractivity contribution in [2.75, 3.05) is 19.0 Å². The zero-order valence-electron chi connectivity index (χ0n) is 12.3. The van der Waals surface area contributed by atoms with Crippen LogP contribution in [0.3, 0.4) is 0 Å². The first kappa shape index (κ1) is 15.9. The van der Waals surface area contributed by atoms with E-state index in [2.05, 4.69) is 28.2 Å². The van der Waals surface area contributed by atoms with Crippen LogP contribution in [0.15, 0.2) is 53.0 Å². The van der Waals surface area contributed by atoms with E-state index in [1.54, 1.807) is 7.11 Å². The molecule has 3 nitrogen and oxygen atoms in total. The van der Waals surface area contributed by atoms with Crippen LogP contribution in [0.4, 0.5) is 5.69 Å². The molecule has 0 aliphatic carbocycles. The predicted octanol–water partition coefficient (Wildman–Crippen LogP) is 4.17. The monoisotopic (exact) mass is 349 g/mol. The van der Waals surface area contributed by atoms with Crippen molar-refractivity contribution in [1.29, 1.82) is 0 Å². The van der Waals surface area contributed by atoms with E-state index in [-0.39, 0.29) is 6.61 Å². The molecule has 0 radical (unpaired) electrons. The Bertz CT molecular complexity index is 580. The van der Waals surface area contributed by atoms with Gasteiger partial charge >= 0.3 is 0 Å². The van der Waals surface area contributed by atoms with Gasteiger partial charge in [0.25, 0.3) is 0 Å². The number of rotatable bonds is 6. The van der Waals surface area contributed by atoms with Crippen LogP contribution >= 0.6 is 15.9 Å². The normalized spacial score (nSPS) is 13.5. The van der Waals surface area contributed by atoms with Gasteiger partial charge in [-0.15, -0.1) is 0 Å². The molecule has 0 fully saturated rings. The third-order valence-electron chi connectivity index (χ3n) is 3.72. The Hall–Kier alpha value is -1.52. The fraction of sp³-hybridized carbons (Fsp3) is 0.294. The summed E-state index contributed by atoms with van der Waals surface area (Å²) in [4.78, 5) is 0. The number of halogens is 1. The molecule has 0 amide bonds. The van der Waals surface area contributed by atoms with E-state index in [0.717, 1.165) is 27.9 Å². The second kappa shape index (κ2) is 6.96. The number of ether oxygens (including phenoxy) is 1. The molecular formula is C17H20BrNO2. The maximum absolute atomic E-state index is 9.98. The number of nitrogens with one attached hydrogen (secondary N) is 1. The van der Waals surface area contributed by atoms with Crippen molar-refractivity contribution >= 4 is 21.6 Å². The lowest BCUT2D eigenvalue weighted by atomic mass is 9.87. The molecule has 1 atom stereocenters. The molecule has 2 aromatic rings. The minimum Gasteiger partial charge on any atom is -0.497 e. The van der Waals surface area contributed by atoms with Crippen LogP contribution in [0.5, 0.6) is 5.75 Å². The number of aliphatic hydroxyl groups is 1. The molecule has 0 saturated heterocycles. The number of aliphatic hydroxyl groups excluding tert-OH is 1. The van der Waals surface area contributed by atoms with Crippen molar-refractivity contribution in [2.24, 2.45) is 0 Å². The van der Waals surface area contributed by atoms with Gasteiger partial charge in [-0.1, -0.05) is 41.1 Å². The Morgan fingerprint density at radius 3 is 2.43 bits per heavy atom. The van der Waals surface area contributed by atoms with Crippen LogP contribution in [0.2, 0.25) is 0 Å². The first-order chi connectivity index (χ1) is 10.1. The van der Waals surface area contributed by atoms with Crippen LogP contribution < -0.4 is 10.1 Å². The van der Waals surface area contributed by atoms with Crippen LogP contribution in [-0.4, -0.2) is 18.8 Å². The third kappa shape index (κ3) is 3.57. The molecule has 21 heavy (non-hydrogen) atoms. The van der Waals surface area contributed by atoms with Crippen molar-refractivity contribution in [2.45, 2.75) is 18.9 Å². The first-order valence-electron chi connectivity index (χ1n) is 6.92. The van der Waals surface area contributed by atoms with Crippen LogP contribution in [0.25, 0.3) is 0 Å². The molecule has 0 aliphatic rings. The number of benzene rings is 2. The maximum atomic E-state index is 9.98. The topological polar surface area (TPSA) is 41.5 Å². The number of methoxy groups -OCH3 is 1. The van der Waals surface area contributed by atoms with E-state index in [9.17, 15) is 5.11 Å². The van der Waals surface area contributed by atoms with Crippen molar-refractivity contribution in [3.05, 3.63) is 58.6 Å². The molecular weight excluding hydrogens is 330 g/mol. The fourth-order valence-electron chi connectivity index (χ4n) is 2.36. The van der Waals surface area contributed by atoms with Crippen molar-refractivity contribution in [3.8, 4) is 5.75 Å². The van der Waals surface area contributed by atoms with E-state index >= 15 is 0 Å². The van der Waals surface area contributed by atoms with Gasteiger partial charge < -0.3 is 15.2 Å². The average Bonchev–Trinajstić information content (AvgIpc) is 2.53.